The predicted octanol–water partition coefficient (Wildman–Crippen LogP) is -0.390. The van der Waals surface area contributed by atoms with E-state index >= 15 is 0 Å². The van der Waals surface area contributed by atoms with Crippen LogP contribution in [0.15, 0.2) is 0 Å². The van der Waals surface area contributed by atoms with Crippen molar-refractivity contribution in [3.05, 3.63) is 0 Å². The quantitative estimate of drug-likeness (QED) is 0.666. The van der Waals surface area contributed by atoms with E-state index in [1.165, 1.54) is 12.8 Å². The zero-order valence-electron chi connectivity index (χ0n) is 8.85. The Hall–Kier alpha value is -0.130. The van der Waals surface area contributed by atoms with Crippen molar-refractivity contribution in [2.45, 2.75) is 37.4 Å². The molecule has 0 aromatic carbocycles. The Morgan fingerprint density at radius 1 is 1.20 bits per heavy atom. The molecule has 3 rings (SSSR count). The molecule has 3 fully saturated rings. The average molecular weight is 230 g/mol. The van der Waals surface area contributed by atoms with Gasteiger partial charge in [0.05, 0.1) is 11.5 Å². The van der Waals surface area contributed by atoms with Crippen LogP contribution in [0, 0.1) is 0 Å². The number of sulfone groups is 1. The minimum atomic E-state index is -2.79. The maximum Gasteiger partial charge on any atom is 0.153 e. The van der Waals surface area contributed by atoms with Crippen LogP contribution in [0.2, 0.25) is 0 Å². The molecule has 5 heteroatoms. The first-order valence-corrected chi connectivity index (χ1v) is 7.67. The lowest BCUT2D eigenvalue weighted by atomic mass is 10.1. The molecule has 1 N–H and O–H groups in total. The van der Waals surface area contributed by atoms with Crippen LogP contribution in [0.4, 0.5) is 0 Å². The summed E-state index contributed by atoms with van der Waals surface area (Å²) in [5.74, 6) is 0.724. The molecule has 15 heavy (non-hydrogen) atoms. The summed E-state index contributed by atoms with van der Waals surface area (Å²) in [5, 5.41) is 3.39. The van der Waals surface area contributed by atoms with E-state index in [2.05, 4.69) is 10.2 Å². The van der Waals surface area contributed by atoms with E-state index in [9.17, 15) is 8.42 Å². The third-order valence-corrected chi connectivity index (χ3v) is 5.48. The average Bonchev–Trinajstić information content (AvgIpc) is 2.92. The number of rotatable bonds is 1. The highest BCUT2D eigenvalue weighted by Gasteiger charge is 2.45. The van der Waals surface area contributed by atoms with E-state index in [4.69, 9.17) is 0 Å². The zero-order chi connectivity index (χ0) is 10.5. The summed E-state index contributed by atoms with van der Waals surface area (Å²) >= 11 is 0. The molecule has 0 aromatic rings. The normalized spacial score (nSPS) is 41.1. The van der Waals surface area contributed by atoms with Gasteiger partial charge in [-0.3, -0.25) is 4.90 Å². The van der Waals surface area contributed by atoms with Crippen molar-refractivity contribution >= 4 is 9.84 Å². The van der Waals surface area contributed by atoms with E-state index in [0.717, 1.165) is 19.5 Å². The second kappa shape index (κ2) is 3.43. The lowest BCUT2D eigenvalue weighted by molar-refractivity contribution is 0.197. The Morgan fingerprint density at radius 2 is 2.00 bits per heavy atom. The SMILES string of the molecule is O=S1(=O)CC2NCCCN(C3CC3)C2C1. The molecule has 0 aromatic heterocycles. The maximum absolute atomic E-state index is 11.6. The van der Waals surface area contributed by atoms with E-state index in [1.54, 1.807) is 0 Å². The molecule has 0 bridgehead atoms. The number of nitrogens with zero attached hydrogens (tertiary/aromatic N) is 1. The minimum absolute atomic E-state index is 0.193. The second-order valence-corrected chi connectivity index (χ2v) is 7.18. The van der Waals surface area contributed by atoms with Gasteiger partial charge in [-0.2, -0.15) is 0 Å². The molecule has 4 nitrogen and oxygen atoms in total. The minimum Gasteiger partial charge on any atom is -0.311 e. The van der Waals surface area contributed by atoms with Crippen LogP contribution >= 0.6 is 0 Å². The molecule has 0 spiro atoms. The second-order valence-electron chi connectivity index (χ2n) is 5.03. The van der Waals surface area contributed by atoms with Crippen molar-refractivity contribution in [1.29, 1.82) is 0 Å². The molecule has 86 valence electrons. The summed E-state index contributed by atoms with van der Waals surface area (Å²) in [6.07, 6.45) is 3.69. The number of fused-ring (bicyclic) bond motifs is 1. The van der Waals surface area contributed by atoms with Gasteiger partial charge in [0.1, 0.15) is 0 Å². The van der Waals surface area contributed by atoms with Gasteiger partial charge in [-0.25, -0.2) is 8.42 Å². The topological polar surface area (TPSA) is 49.4 Å². The lowest BCUT2D eigenvalue weighted by Gasteiger charge is -2.29. The van der Waals surface area contributed by atoms with E-state index in [-0.39, 0.29) is 12.1 Å². The Balaban J connectivity index is 1.84. The van der Waals surface area contributed by atoms with E-state index in [1.807, 2.05) is 0 Å². The Labute approximate surface area is 90.9 Å². The Morgan fingerprint density at radius 3 is 2.73 bits per heavy atom. The van der Waals surface area contributed by atoms with Crippen LogP contribution in [-0.2, 0) is 9.84 Å². The first-order chi connectivity index (χ1) is 7.16. The van der Waals surface area contributed by atoms with Crippen molar-refractivity contribution < 1.29 is 8.42 Å². The third-order valence-electron chi connectivity index (χ3n) is 3.76. The van der Waals surface area contributed by atoms with Gasteiger partial charge in [0, 0.05) is 24.7 Å². The molecule has 2 heterocycles. The molecular weight excluding hydrogens is 212 g/mol. The molecule has 2 saturated heterocycles. The van der Waals surface area contributed by atoms with Crippen molar-refractivity contribution in [3.63, 3.8) is 0 Å². The van der Waals surface area contributed by atoms with Gasteiger partial charge >= 0.3 is 0 Å². The predicted molar refractivity (Wildman–Crippen MR) is 58.6 cm³/mol. The Bertz CT molecular complexity index is 350. The van der Waals surface area contributed by atoms with Crippen molar-refractivity contribution in [2.24, 2.45) is 0 Å². The van der Waals surface area contributed by atoms with Crippen LogP contribution in [0.5, 0.6) is 0 Å². The highest BCUT2D eigenvalue weighted by molar-refractivity contribution is 7.91. The van der Waals surface area contributed by atoms with Gasteiger partial charge < -0.3 is 5.32 Å². The number of hydrogen-bond acceptors (Lipinski definition) is 4. The third kappa shape index (κ3) is 1.92. The Kier molecular flexibility index (Phi) is 2.30. The fourth-order valence-corrected chi connectivity index (χ4v) is 4.89. The highest BCUT2D eigenvalue weighted by atomic mass is 32.2. The van der Waals surface area contributed by atoms with Crippen molar-refractivity contribution in [3.8, 4) is 0 Å². The maximum atomic E-state index is 11.6. The molecular formula is C10H18N2O2S. The summed E-state index contributed by atoms with van der Waals surface area (Å²) in [5.41, 5.74) is 0. The van der Waals surface area contributed by atoms with Crippen molar-refractivity contribution in [2.75, 3.05) is 24.6 Å². The van der Waals surface area contributed by atoms with E-state index in [0.29, 0.717) is 17.5 Å². The van der Waals surface area contributed by atoms with Gasteiger partial charge in [-0.05, 0) is 25.8 Å². The van der Waals surface area contributed by atoms with Gasteiger partial charge in [-0.1, -0.05) is 0 Å². The van der Waals surface area contributed by atoms with Crippen LogP contribution in [0.3, 0.4) is 0 Å². The standard InChI is InChI=1S/C10H18N2O2S/c13-15(14)6-9-10(7-15)12(8-2-3-8)5-1-4-11-9/h8-11H,1-7H2. The molecule has 0 radical (unpaired) electrons. The fourth-order valence-electron chi connectivity index (χ4n) is 2.93. The summed E-state index contributed by atoms with van der Waals surface area (Å²) in [6.45, 7) is 2.05. The van der Waals surface area contributed by atoms with E-state index < -0.39 is 9.84 Å². The van der Waals surface area contributed by atoms with Crippen molar-refractivity contribution in [1.82, 2.24) is 10.2 Å². The molecule has 2 aliphatic heterocycles. The lowest BCUT2D eigenvalue weighted by Crippen LogP contribution is -2.47. The molecule has 0 amide bonds. The van der Waals surface area contributed by atoms with Gasteiger partial charge in [0.25, 0.3) is 0 Å². The summed E-state index contributed by atoms with van der Waals surface area (Å²) in [7, 11) is -2.79. The van der Waals surface area contributed by atoms with Crippen LogP contribution < -0.4 is 5.32 Å². The van der Waals surface area contributed by atoms with Gasteiger partial charge in [0.15, 0.2) is 9.84 Å². The molecule has 2 atom stereocenters. The van der Waals surface area contributed by atoms with Crippen LogP contribution in [0.25, 0.3) is 0 Å². The van der Waals surface area contributed by atoms with Gasteiger partial charge in [-0.15, -0.1) is 0 Å². The summed E-state index contributed by atoms with van der Waals surface area (Å²) < 4.78 is 23.3. The number of nitrogens with one attached hydrogen (secondary N) is 1. The monoisotopic (exact) mass is 230 g/mol. The first-order valence-electron chi connectivity index (χ1n) is 5.85. The molecule has 1 aliphatic carbocycles. The van der Waals surface area contributed by atoms with Crippen LogP contribution in [0.1, 0.15) is 19.3 Å². The van der Waals surface area contributed by atoms with Gasteiger partial charge in [0.2, 0.25) is 0 Å². The summed E-state index contributed by atoms with van der Waals surface area (Å²) in [4.78, 5) is 2.45. The highest BCUT2D eigenvalue weighted by Crippen LogP contribution is 2.33. The zero-order valence-corrected chi connectivity index (χ0v) is 9.67. The smallest absolute Gasteiger partial charge is 0.153 e. The summed E-state index contributed by atoms with van der Waals surface area (Å²) in [6, 6.07) is 1.13. The van der Waals surface area contributed by atoms with Crippen LogP contribution in [-0.4, -0.2) is 56.0 Å². The molecule has 3 aliphatic rings. The number of hydrogen-bond donors (Lipinski definition) is 1. The molecule has 1 saturated carbocycles. The fraction of sp³-hybridized carbons (Fsp3) is 1.00. The molecule has 2 unspecified atom stereocenters. The first kappa shape index (κ1) is 10.1. The largest absolute Gasteiger partial charge is 0.311 e.